The van der Waals surface area contributed by atoms with Crippen molar-refractivity contribution in [3.63, 3.8) is 0 Å². The fourth-order valence-electron chi connectivity index (χ4n) is 1.73. The molecular weight excluding hydrogens is 353 g/mol. The van der Waals surface area contributed by atoms with Crippen molar-refractivity contribution in [2.45, 2.75) is 13.0 Å². The summed E-state index contributed by atoms with van der Waals surface area (Å²) in [5.74, 6) is 0.423. The standard InChI is InChI=1S/C16H15BrFNO3/c1-10(22-15-8-3-11(18)9-14(15)17)16(20)19-12-4-6-13(21-2)7-5-12/h3-10H,1-2H3,(H,19,20). The topological polar surface area (TPSA) is 47.6 Å². The molecule has 0 heterocycles. The summed E-state index contributed by atoms with van der Waals surface area (Å²) in [6, 6.07) is 11.0. The van der Waals surface area contributed by atoms with Crippen LogP contribution in [-0.4, -0.2) is 19.1 Å². The highest BCUT2D eigenvalue weighted by atomic mass is 79.9. The van der Waals surface area contributed by atoms with Gasteiger partial charge in [0.05, 0.1) is 11.6 Å². The Morgan fingerprint density at radius 1 is 1.23 bits per heavy atom. The Morgan fingerprint density at radius 3 is 2.50 bits per heavy atom. The van der Waals surface area contributed by atoms with Gasteiger partial charge in [0.1, 0.15) is 17.3 Å². The molecular formula is C16H15BrFNO3. The Hall–Kier alpha value is -2.08. The third kappa shape index (κ3) is 4.21. The quantitative estimate of drug-likeness (QED) is 0.868. The number of rotatable bonds is 5. The molecule has 4 nitrogen and oxygen atoms in total. The molecule has 0 aliphatic rings. The number of hydrogen-bond donors (Lipinski definition) is 1. The number of amides is 1. The number of carbonyl (C=O) groups excluding carboxylic acids is 1. The number of ether oxygens (including phenoxy) is 2. The predicted molar refractivity (Wildman–Crippen MR) is 85.8 cm³/mol. The average molecular weight is 368 g/mol. The van der Waals surface area contributed by atoms with Crippen molar-refractivity contribution in [2.75, 3.05) is 12.4 Å². The molecule has 0 aliphatic heterocycles. The van der Waals surface area contributed by atoms with Crippen LogP contribution in [0.15, 0.2) is 46.9 Å². The van der Waals surface area contributed by atoms with Crippen molar-refractivity contribution in [2.24, 2.45) is 0 Å². The fourth-order valence-corrected chi connectivity index (χ4v) is 2.18. The Balaban J connectivity index is 1.99. The minimum absolute atomic E-state index is 0.304. The van der Waals surface area contributed by atoms with Crippen LogP contribution in [0.3, 0.4) is 0 Å². The second-order valence-electron chi connectivity index (χ2n) is 4.55. The van der Waals surface area contributed by atoms with Crippen LogP contribution in [0.2, 0.25) is 0 Å². The molecule has 1 amide bonds. The van der Waals surface area contributed by atoms with Gasteiger partial charge in [0.15, 0.2) is 6.10 Å². The van der Waals surface area contributed by atoms with Crippen LogP contribution >= 0.6 is 15.9 Å². The molecule has 6 heteroatoms. The van der Waals surface area contributed by atoms with Gasteiger partial charge < -0.3 is 14.8 Å². The molecule has 2 rings (SSSR count). The van der Waals surface area contributed by atoms with Gasteiger partial charge in [-0.3, -0.25) is 4.79 Å². The molecule has 0 bridgehead atoms. The highest BCUT2D eigenvalue weighted by Crippen LogP contribution is 2.26. The molecule has 1 unspecified atom stereocenters. The van der Waals surface area contributed by atoms with Gasteiger partial charge in [-0.25, -0.2) is 4.39 Å². The van der Waals surface area contributed by atoms with Crippen LogP contribution in [0.25, 0.3) is 0 Å². The third-order valence-corrected chi connectivity index (χ3v) is 3.54. The van der Waals surface area contributed by atoms with Gasteiger partial charge in [-0.2, -0.15) is 0 Å². The molecule has 2 aromatic rings. The molecule has 0 spiro atoms. The maximum absolute atomic E-state index is 13.0. The summed E-state index contributed by atoms with van der Waals surface area (Å²) in [5, 5.41) is 2.74. The predicted octanol–water partition coefficient (Wildman–Crippen LogP) is 4.00. The first-order valence-corrected chi connectivity index (χ1v) is 7.35. The van der Waals surface area contributed by atoms with E-state index in [2.05, 4.69) is 21.2 Å². The first-order valence-electron chi connectivity index (χ1n) is 6.56. The lowest BCUT2D eigenvalue weighted by molar-refractivity contribution is -0.122. The summed E-state index contributed by atoms with van der Waals surface area (Å²) in [7, 11) is 1.57. The van der Waals surface area contributed by atoms with Gasteiger partial charge in [-0.15, -0.1) is 0 Å². The zero-order chi connectivity index (χ0) is 16.1. The second-order valence-corrected chi connectivity index (χ2v) is 5.41. The maximum atomic E-state index is 13.0. The van der Waals surface area contributed by atoms with E-state index < -0.39 is 6.10 Å². The molecule has 2 aromatic carbocycles. The summed E-state index contributed by atoms with van der Waals surface area (Å²) in [6.45, 7) is 1.62. The van der Waals surface area contributed by atoms with E-state index in [1.807, 2.05) is 0 Å². The molecule has 0 radical (unpaired) electrons. The zero-order valence-corrected chi connectivity index (χ0v) is 13.7. The average Bonchev–Trinajstić information content (AvgIpc) is 2.50. The van der Waals surface area contributed by atoms with Crippen molar-refractivity contribution in [1.29, 1.82) is 0 Å². The summed E-state index contributed by atoms with van der Waals surface area (Å²) in [4.78, 5) is 12.1. The van der Waals surface area contributed by atoms with Crippen molar-refractivity contribution in [1.82, 2.24) is 0 Å². The van der Waals surface area contributed by atoms with E-state index in [-0.39, 0.29) is 11.7 Å². The molecule has 0 saturated heterocycles. The molecule has 0 aromatic heterocycles. The summed E-state index contributed by atoms with van der Waals surface area (Å²) >= 11 is 3.20. The van der Waals surface area contributed by atoms with Gasteiger partial charge in [0.25, 0.3) is 5.91 Å². The van der Waals surface area contributed by atoms with E-state index in [0.717, 1.165) is 0 Å². The van der Waals surface area contributed by atoms with Crippen LogP contribution in [-0.2, 0) is 4.79 Å². The molecule has 22 heavy (non-hydrogen) atoms. The minimum Gasteiger partial charge on any atom is -0.497 e. The lowest BCUT2D eigenvalue weighted by Gasteiger charge is -2.16. The van der Waals surface area contributed by atoms with Crippen molar-refractivity contribution in [3.05, 3.63) is 52.8 Å². The number of methoxy groups -OCH3 is 1. The van der Waals surface area contributed by atoms with Gasteiger partial charge in [0, 0.05) is 5.69 Å². The minimum atomic E-state index is -0.733. The molecule has 0 fully saturated rings. The lowest BCUT2D eigenvalue weighted by Crippen LogP contribution is -2.30. The van der Waals surface area contributed by atoms with Crippen molar-refractivity contribution < 1.29 is 18.7 Å². The number of benzene rings is 2. The van der Waals surface area contributed by atoms with E-state index >= 15 is 0 Å². The number of carbonyl (C=O) groups is 1. The number of nitrogens with one attached hydrogen (secondary N) is 1. The first-order chi connectivity index (χ1) is 10.5. The molecule has 116 valence electrons. The Labute approximate surface area is 136 Å². The van der Waals surface area contributed by atoms with E-state index in [1.54, 1.807) is 38.3 Å². The zero-order valence-electron chi connectivity index (χ0n) is 12.1. The van der Waals surface area contributed by atoms with Gasteiger partial charge in [-0.1, -0.05) is 0 Å². The van der Waals surface area contributed by atoms with Crippen LogP contribution in [0, 0.1) is 5.82 Å². The van der Waals surface area contributed by atoms with E-state index in [0.29, 0.717) is 21.7 Å². The SMILES string of the molecule is COc1ccc(NC(=O)C(C)Oc2ccc(F)cc2Br)cc1. The Morgan fingerprint density at radius 2 is 1.91 bits per heavy atom. The maximum Gasteiger partial charge on any atom is 0.265 e. The third-order valence-electron chi connectivity index (χ3n) is 2.92. The largest absolute Gasteiger partial charge is 0.497 e. The van der Waals surface area contributed by atoms with Crippen LogP contribution in [0.5, 0.6) is 11.5 Å². The molecule has 0 saturated carbocycles. The van der Waals surface area contributed by atoms with Crippen molar-refractivity contribution >= 4 is 27.5 Å². The Kier molecular flexibility index (Phi) is 5.38. The second kappa shape index (κ2) is 7.26. The smallest absolute Gasteiger partial charge is 0.265 e. The highest BCUT2D eigenvalue weighted by Gasteiger charge is 2.16. The van der Waals surface area contributed by atoms with E-state index in [9.17, 15) is 9.18 Å². The summed E-state index contributed by atoms with van der Waals surface area (Å²) in [6.07, 6.45) is -0.733. The fraction of sp³-hybridized carbons (Fsp3) is 0.188. The summed E-state index contributed by atoms with van der Waals surface area (Å²) < 4.78 is 24.1. The molecule has 0 aliphatic carbocycles. The number of hydrogen-bond acceptors (Lipinski definition) is 3. The normalized spacial score (nSPS) is 11.6. The van der Waals surface area contributed by atoms with Gasteiger partial charge in [-0.05, 0) is 65.3 Å². The first kappa shape index (κ1) is 16.3. The van der Waals surface area contributed by atoms with Gasteiger partial charge in [0.2, 0.25) is 0 Å². The van der Waals surface area contributed by atoms with E-state index in [1.165, 1.54) is 18.2 Å². The lowest BCUT2D eigenvalue weighted by atomic mass is 10.2. The van der Waals surface area contributed by atoms with E-state index in [4.69, 9.17) is 9.47 Å². The van der Waals surface area contributed by atoms with Crippen LogP contribution < -0.4 is 14.8 Å². The monoisotopic (exact) mass is 367 g/mol. The number of halogens is 2. The molecule has 1 N–H and O–H groups in total. The Bertz CT molecular complexity index is 661. The molecule has 1 atom stereocenters. The number of anilines is 1. The summed E-state index contributed by atoms with van der Waals surface area (Å²) in [5.41, 5.74) is 0.638. The van der Waals surface area contributed by atoms with Gasteiger partial charge >= 0.3 is 0 Å². The van der Waals surface area contributed by atoms with Crippen LogP contribution in [0.1, 0.15) is 6.92 Å². The highest BCUT2D eigenvalue weighted by molar-refractivity contribution is 9.10. The van der Waals surface area contributed by atoms with Crippen molar-refractivity contribution in [3.8, 4) is 11.5 Å². The van der Waals surface area contributed by atoms with Crippen LogP contribution in [0.4, 0.5) is 10.1 Å².